The van der Waals surface area contributed by atoms with Crippen LogP contribution in [0.15, 0.2) is 30.5 Å². The predicted molar refractivity (Wildman–Crippen MR) is 119 cm³/mol. The number of rotatable bonds is 5. The molecule has 1 saturated heterocycles. The van der Waals surface area contributed by atoms with Crippen molar-refractivity contribution in [3.05, 3.63) is 46.9 Å². The van der Waals surface area contributed by atoms with E-state index in [1.807, 2.05) is 0 Å². The first-order valence-corrected chi connectivity index (χ1v) is 11.7. The lowest BCUT2D eigenvalue weighted by molar-refractivity contribution is -0.616. The Hall–Kier alpha value is -3.23. The summed E-state index contributed by atoms with van der Waals surface area (Å²) < 4.78 is 65.8. The smallest absolute Gasteiger partial charge is 0.586 e. The van der Waals surface area contributed by atoms with Crippen molar-refractivity contribution in [2.75, 3.05) is 18.4 Å². The van der Waals surface area contributed by atoms with Crippen LogP contribution in [0.5, 0.6) is 11.5 Å². The van der Waals surface area contributed by atoms with E-state index < -0.39 is 43.1 Å². The fourth-order valence-electron chi connectivity index (χ4n) is 4.31. The SMILES string of the molecule is C[C@@H](C(=O)Nc1nc2cc3c(cc2s1)OC(F)(F)O3)N1CCC(F)(F)C(c2cc[n+]([O-])c(CO)c2)C1. The Labute approximate surface area is 205 Å². The van der Waals surface area contributed by atoms with Gasteiger partial charge in [0.25, 0.3) is 5.92 Å². The third-order valence-electron chi connectivity index (χ3n) is 6.31. The normalized spacial score (nSPS) is 21.4. The maximum atomic E-state index is 14.8. The van der Waals surface area contributed by atoms with E-state index in [1.165, 1.54) is 24.3 Å². The van der Waals surface area contributed by atoms with Gasteiger partial charge in [0.2, 0.25) is 11.6 Å². The first-order chi connectivity index (χ1) is 17.0. The highest BCUT2D eigenvalue weighted by molar-refractivity contribution is 7.22. The number of fused-ring (bicyclic) bond motifs is 2. The van der Waals surface area contributed by atoms with Gasteiger partial charge < -0.3 is 25.1 Å². The molecule has 1 aromatic carbocycles. The number of hydrogen-bond donors (Lipinski definition) is 2. The van der Waals surface area contributed by atoms with E-state index in [2.05, 4.69) is 19.8 Å². The van der Waals surface area contributed by atoms with Crippen molar-refractivity contribution in [1.29, 1.82) is 0 Å². The molecule has 0 aliphatic carbocycles. The molecule has 14 heteroatoms. The van der Waals surface area contributed by atoms with Crippen LogP contribution in [0, 0.1) is 5.21 Å². The number of aliphatic hydroxyl groups excluding tert-OH is 1. The summed E-state index contributed by atoms with van der Waals surface area (Å²) in [7, 11) is 0. The van der Waals surface area contributed by atoms with Crippen molar-refractivity contribution in [2.45, 2.75) is 44.1 Å². The van der Waals surface area contributed by atoms with Crippen molar-refractivity contribution in [3.63, 3.8) is 0 Å². The van der Waals surface area contributed by atoms with Crippen LogP contribution in [-0.2, 0) is 11.4 Å². The molecule has 4 heterocycles. The standard InChI is InChI=1S/C22H20F4N4O5S/c1-11(29-5-3-21(23,24)14(9-29)12-2-4-30(33)13(6-12)10-31)19(32)28-20-27-15-7-16-17(8-18(15)36-20)35-22(25,26)34-16/h2,4,6-8,11,14,31H,3,5,9-10H2,1H3,(H,27,28,32)/t11-,14?/m0/s1. The van der Waals surface area contributed by atoms with Gasteiger partial charge in [-0.2, -0.15) is 4.73 Å². The van der Waals surface area contributed by atoms with Gasteiger partial charge in [0.15, 0.2) is 22.8 Å². The fraction of sp³-hybridized carbons (Fsp3) is 0.409. The molecular formula is C22H20F4N4O5S. The number of aliphatic hydroxyl groups is 1. The van der Waals surface area contributed by atoms with Crippen molar-refractivity contribution in [2.24, 2.45) is 0 Å². The molecule has 1 amide bonds. The summed E-state index contributed by atoms with van der Waals surface area (Å²) in [5, 5.41) is 23.9. The number of thiazole rings is 1. The van der Waals surface area contributed by atoms with Gasteiger partial charge in [0, 0.05) is 43.8 Å². The average Bonchev–Trinajstić information content (AvgIpc) is 3.33. The number of ether oxygens (including phenoxy) is 2. The zero-order valence-corrected chi connectivity index (χ0v) is 19.5. The van der Waals surface area contributed by atoms with E-state index >= 15 is 0 Å². The summed E-state index contributed by atoms with van der Waals surface area (Å²) in [5.74, 6) is -5.14. The largest absolute Gasteiger partial charge is 0.618 e. The molecule has 2 N–H and O–H groups in total. The number of nitrogens with one attached hydrogen (secondary N) is 1. The molecule has 36 heavy (non-hydrogen) atoms. The van der Waals surface area contributed by atoms with Crippen LogP contribution in [0.1, 0.15) is 30.5 Å². The van der Waals surface area contributed by atoms with Crippen LogP contribution >= 0.6 is 11.3 Å². The second-order valence-corrected chi connectivity index (χ2v) is 9.64. The maximum absolute atomic E-state index is 14.8. The third-order valence-corrected chi connectivity index (χ3v) is 7.24. The Morgan fingerprint density at radius 1 is 1.33 bits per heavy atom. The van der Waals surface area contributed by atoms with Crippen molar-refractivity contribution >= 4 is 32.6 Å². The zero-order chi connectivity index (χ0) is 25.8. The highest BCUT2D eigenvalue weighted by atomic mass is 32.1. The molecule has 2 aliphatic heterocycles. The number of nitrogens with zero attached hydrogens (tertiary/aromatic N) is 3. The zero-order valence-electron chi connectivity index (χ0n) is 18.7. The topological polar surface area (TPSA) is 111 Å². The molecule has 192 valence electrons. The molecule has 0 spiro atoms. The lowest BCUT2D eigenvalue weighted by atomic mass is 9.86. The van der Waals surface area contributed by atoms with E-state index in [-0.39, 0.29) is 41.0 Å². The van der Waals surface area contributed by atoms with E-state index in [0.29, 0.717) is 14.9 Å². The molecule has 2 atom stereocenters. The van der Waals surface area contributed by atoms with Crippen LogP contribution in [0.2, 0.25) is 0 Å². The number of alkyl halides is 4. The molecule has 0 bridgehead atoms. The molecular weight excluding hydrogens is 508 g/mol. The van der Waals surface area contributed by atoms with Crippen molar-refractivity contribution in [3.8, 4) is 11.5 Å². The Bertz CT molecular complexity index is 1290. The molecule has 3 aromatic rings. The van der Waals surface area contributed by atoms with Gasteiger partial charge in [-0.25, -0.2) is 13.8 Å². The number of carbonyl (C=O) groups is 1. The van der Waals surface area contributed by atoms with E-state index in [4.69, 9.17) is 0 Å². The van der Waals surface area contributed by atoms with Crippen LogP contribution in [0.25, 0.3) is 10.2 Å². The minimum absolute atomic E-state index is 0.0329. The summed E-state index contributed by atoms with van der Waals surface area (Å²) in [6, 6.07) is 4.37. The second kappa shape index (κ2) is 8.71. The molecule has 2 aliphatic rings. The molecule has 9 nitrogen and oxygen atoms in total. The van der Waals surface area contributed by atoms with Gasteiger partial charge in [0.05, 0.1) is 22.2 Å². The number of amides is 1. The molecule has 1 unspecified atom stereocenters. The van der Waals surface area contributed by atoms with Gasteiger partial charge in [-0.05, 0) is 12.5 Å². The molecule has 0 radical (unpaired) electrons. The summed E-state index contributed by atoms with van der Waals surface area (Å²) >= 11 is 1.04. The number of aromatic nitrogens is 2. The van der Waals surface area contributed by atoms with Crippen LogP contribution in [-0.4, -0.2) is 52.2 Å². The first-order valence-electron chi connectivity index (χ1n) is 10.9. The highest BCUT2D eigenvalue weighted by Gasteiger charge is 2.47. The molecule has 2 aromatic heterocycles. The van der Waals surface area contributed by atoms with Gasteiger partial charge in [-0.3, -0.25) is 9.69 Å². The first kappa shape index (κ1) is 24.5. The Balaban J connectivity index is 1.30. The highest BCUT2D eigenvalue weighted by Crippen LogP contribution is 2.45. The fourth-order valence-corrected chi connectivity index (χ4v) is 5.19. The summed E-state index contributed by atoms with van der Waals surface area (Å²) in [5.41, 5.74) is 0.468. The quantitative estimate of drug-likeness (QED) is 0.297. The lowest BCUT2D eigenvalue weighted by Crippen LogP contribution is -2.52. The predicted octanol–water partition coefficient (Wildman–Crippen LogP) is 3.20. The lowest BCUT2D eigenvalue weighted by Gasteiger charge is -2.40. The number of halogens is 4. The molecule has 1 fully saturated rings. The van der Waals surface area contributed by atoms with E-state index in [0.717, 1.165) is 17.5 Å². The van der Waals surface area contributed by atoms with Crippen LogP contribution in [0.3, 0.4) is 0 Å². The Morgan fingerprint density at radius 3 is 2.78 bits per heavy atom. The number of anilines is 1. The Kier molecular flexibility index (Phi) is 5.92. The van der Waals surface area contributed by atoms with E-state index in [1.54, 1.807) is 11.8 Å². The number of piperidine rings is 1. The molecule has 0 saturated carbocycles. The van der Waals surface area contributed by atoms with Gasteiger partial charge >= 0.3 is 6.29 Å². The number of pyridine rings is 1. The second-order valence-electron chi connectivity index (χ2n) is 8.61. The maximum Gasteiger partial charge on any atom is 0.586 e. The Morgan fingerprint density at radius 2 is 2.06 bits per heavy atom. The third kappa shape index (κ3) is 4.51. The van der Waals surface area contributed by atoms with Crippen molar-refractivity contribution in [1.82, 2.24) is 9.88 Å². The summed E-state index contributed by atoms with van der Waals surface area (Å²) in [4.78, 5) is 18.8. The van der Waals surface area contributed by atoms with Gasteiger partial charge in [-0.1, -0.05) is 11.3 Å². The average molecular weight is 528 g/mol. The van der Waals surface area contributed by atoms with Gasteiger partial charge in [0.1, 0.15) is 6.61 Å². The van der Waals surface area contributed by atoms with Crippen LogP contribution < -0.4 is 19.5 Å². The van der Waals surface area contributed by atoms with Crippen molar-refractivity contribution < 1.29 is 41.7 Å². The molecule has 5 rings (SSSR count). The minimum atomic E-state index is -3.75. The van der Waals surface area contributed by atoms with Crippen LogP contribution in [0.4, 0.5) is 22.7 Å². The minimum Gasteiger partial charge on any atom is -0.618 e. The summed E-state index contributed by atoms with van der Waals surface area (Å²) in [6.07, 6.45) is -3.17. The summed E-state index contributed by atoms with van der Waals surface area (Å²) in [6.45, 7) is 0.806. The number of benzene rings is 1. The number of likely N-dealkylation sites (tertiary alicyclic amines) is 1. The monoisotopic (exact) mass is 528 g/mol. The van der Waals surface area contributed by atoms with Gasteiger partial charge in [-0.15, -0.1) is 8.78 Å². The number of hydrogen-bond acceptors (Lipinski definition) is 8. The van der Waals surface area contributed by atoms with E-state index in [9.17, 15) is 32.7 Å². The number of carbonyl (C=O) groups excluding carboxylic acids is 1.